The predicted molar refractivity (Wildman–Crippen MR) is 115 cm³/mol. The summed E-state index contributed by atoms with van der Waals surface area (Å²) < 4.78 is 18.0. The molecule has 4 heterocycles. The molecule has 4 unspecified atom stereocenters. The Balaban J connectivity index is 1.69. The minimum Gasteiger partial charge on any atom is -0.503 e. The number of amides is 1. The number of aromatic hydroxyl groups is 1. The maximum Gasteiger partial charge on any atom is 0.227 e. The van der Waals surface area contributed by atoms with Crippen molar-refractivity contribution in [3.8, 4) is 17.2 Å². The fraction of sp³-hybridized carbons (Fsp3) is 0.708. The van der Waals surface area contributed by atoms with Crippen molar-refractivity contribution in [2.75, 3.05) is 38.8 Å². The van der Waals surface area contributed by atoms with E-state index in [1.165, 1.54) is 20.0 Å². The van der Waals surface area contributed by atoms with E-state index in [-0.39, 0.29) is 28.5 Å². The van der Waals surface area contributed by atoms with Crippen LogP contribution >= 0.6 is 0 Å². The van der Waals surface area contributed by atoms with Gasteiger partial charge in [-0.25, -0.2) is 0 Å². The lowest BCUT2D eigenvalue weighted by Crippen LogP contribution is -2.73. The summed E-state index contributed by atoms with van der Waals surface area (Å²) in [5, 5.41) is 11.4. The van der Waals surface area contributed by atoms with Crippen LogP contribution in [-0.2, 0) is 14.9 Å². The zero-order chi connectivity index (χ0) is 21.6. The molecule has 1 aromatic carbocycles. The number of piperidine rings is 1. The molecule has 1 aliphatic carbocycles. The Morgan fingerprint density at radius 2 is 2.06 bits per heavy atom. The number of fused-ring (bicyclic) bond motifs is 1. The molecule has 0 radical (unpaired) electrons. The van der Waals surface area contributed by atoms with Crippen molar-refractivity contribution in [1.82, 2.24) is 4.90 Å². The second kappa shape index (κ2) is 6.29. The molecule has 168 valence electrons. The molecule has 5 aliphatic rings. The summed E-state index contributed by atoms with van der Waals surface area (Å²) in [4.78, 5) is 17.8. The molecule has 31 heavy (non-hydrogen) atoms. The van der Waals surface area contributed by atoms with Gasteiger partial charge in [0, 0.05) is 31.5 Å². The lowest BCUT2D eigenvalue weighted by atomic mass is 9.50. The summed E-state index contributed by atoms with van der Waals surface area (Å²) in [6.45, 7) is 4.65. The monoisotopic (exact) mass is 428 g/mol. The van der Waals surface area contributed by atoms with Gasteiger partial charge in [-0.1, -0.05) is 6.92 Å². The quantitative estimate of drug-likeness (QED) is 0.797. The maximum absolute atomic E-state index is 13.3. The van der Waals surface area contributed by atoms with Gasteiger partial charge in [0.05, 0.1) is 31.4 Å². The summed E-state index contributed by atoms with van der Waals surface area (Å²) in [5.41, 5.74) is 0.959. The van der Waals surface area contributed by atoms with Gasteiger partial charge in [0.25, 0.3) is 0 Å². The Bertz CT molecular complexity index is 966. The lowest BCUT2D eigenvalue weighted by molar-refractivity contribution is -0.232. The van der Waals surface area contributed by atoms with E-state index in [0.29, 0.717) is 23.6 Å². The maximum atomic E-state index is 13.3. The highest BCUT2D eigenvalue weighted by atomic mass is 16.5. The molecule has 2 spiro atoms. The van der Waals surface area contributed by atoms with Gasteiger partial charge in [-0.15, -0.1) is 0 Å². The molecular weight excluding hydrogens is 396 g/mol. The van der Waals surface area contributed by atoms with E-state index in [2.05, 4.69) is 4.90 Å². The van der Waals surface area contributed by atoms with E-state index in [0.717, 1.165) is 50.9 Å². The van der Waals surface area contributed by atoms with E-state index >= 15 is 0 Å². The normalized spacial score (nSPS) is 37.8. The Labute approximate surface area is 183 Å². The van der Waals surface area contributed by atoms with E-state index in [9.17, 15) is 9.90 Å². The highest BCUT2D eigenvalue weighted by Crippen LogP contribution is 2.74. The summed E-state index contributed by atoms with van der Waals surface area (Å²) in [6.07, 6.45) is 6.77. The summed E-state index contributed by atoms with van der Waals surface area (Å²) in [7, 11) is 3.12. The van der Waals surface area contributed by atoms with Crippen molar-refractivity contribution in [1.29, 1.82) is 0 Å². The van der Waals surface area contributed by atoms with Crippen LogP contribution in [0.3, 0.4) is 0 Å². The van der Waals surface area contributed by atoms with E-state index in [1.807, 2.05) is 17.9 Å². The van der Waals surface area contributed by atoms with Gasteiger partial charge >= 0.3 is 0 Å². The second-order valence-corrected chi connectivity index (χ2v) is 9.86. The van der Waals surface area contributed by atoms with Crippen molar-refractivity contribution >= 4 is 11.6 Å². The number of hydrogen-bond acceptors (Lipinski definition) is 6. The minimum absolute atomic E-state index is 0.0108. The Hall–Kier alpha value is -1.99. The van der Waals surface area contributed by atoms with Crippen LogP contribution in [0.1, 0.15) is 57.4 Å². The Morgan fingerprint density at radius 3 is 2.81 bits per heavy atom. The minimum atomic E-state index is -0.412. The molecule has 1 N–H and O–H groups in total. The number of rotatable bonds is 3. The number of nitrogens with zero attached hydrogens (tertiary/aromatic N) is 2. The van der Waals surface area contributed by atoms with E-state index in [1.54, 1.807) is 7.11 Å². The first-order valence-corrected chi connectivity index (χ1v) is 11.7. The molecule has 6 rings (SSSR count). The summed E-state index contributed by atoms with van der Waals surface area (Å²) in [6, 6.07) is 2.00. The van der Waals surface area contributed by atoms with Gasteiger partial charge in [-0.05, 0) is 50.2 Å². The second-order valence-electron chi connectivity index (χ2n) is 9.86. The first kappa shape index (κ1) is 19.7. The third-order valence-electron chi connectivity index (χ3n) is 9.21. The average Bonchev–Trinajstić information content (AvgIpc) is 3.43. The van der Waals surface area contributed by atoms with Crippen LogP contribution in [0.2, 0.25) is 0 Å². The summed E-state index contributed by atoms with van der Waals surface area (Å²) >= 11 is 0. The largest absolute Gasteiger partial charge is 0.503 e. The Morgan fingerprint density at radius 1 is 1.23 bits per heavy atom. The van der Waals surface area contributed by atoms with Crippen molar-refractivity contribution in [3.63, 3.8) is 0 Å². The van der Waals surface area contributed by atoms with Crippen molar-refractivity contribution < 1.29 is 24.1 Å². The molecule has 7 nitrogen and oxygen atoms in total. The molecule has 1 aromatic rings. The lowest BCUT2D eigenvalue weighted by Gasteiger charge is -2.62. The number of methoxy groups -OCH3 is 2. The van der Waals surface area contributed by atoms with Crippen LogP contribution in [0, 0.1) is 5.41 Å². The fourth-order valence-corrected chi connectivity index (χ4v) is 8.33. The van der Waals surface area contributed by atoms with Crippen LogP contribution in [-0.4, -0.2) is 61.6 Å². The van der Waals surface area contributed by atoms with Crippen LogP contribution in [0.4, 0.5) is 5.69 Å². The molecule has 1 amide bonds. The van der Waals surface area contributed by atoms with Gasteiger partial charge in [0.1, 0.15) is 5.72 Å². The predicted octanol–water partition coefficient (Wildman–Crippen LogP) is 3.17. The highest BCUT2D eigenvalue weighted by molar-refractivity contribution is 6.00. The molecule has 0 aromatic heterocycles. The van der Waals surface area contributed by atoms with E-state index in [4.69, 9.17) is 14.2 Å². The summed E-state index contributed by atoms with van der Waals surface area (Å²) in [5.74, 6) is 0.857. The van der Waals surface area contributed by atoms with Crippen LogP contribution < -0.4 is 14.4 Å². The van der Waals surface area contributed by atoms with Crippen LogP contribution in [0.5, 0.6) is 17.2 Å². The number of phenols is 1. The first-order chi connectivity index (χ1) is 15.0. The van der Waals surface area contributed by atoms with E-state index < -0.39 is 5.72 Å². The zero-order valence-electron chi connectivity index (χ0n) is 18.7. The van der Waals surface area contributed by atoms with Gasteiger partial charge < -0.3 is 24.2 Å². The molecule has 1 saturated carbocycles. The number of anilines is 1. The highest BCUT2D eigenvalue weighted by Gasteiger charge is 2.80. The van der Waals surface area contributed by atoms with Crippen LogP contribution in [0.15, 0.2) is 6.07 Å². The number of phenolic OH excluding ortho intramolecular Hbond substituents is 1. The smallest absolute Gasteiger partial charge is 0.227 e. The topological polar surface area (TPSA) is 71.5 Å². The zero-order valence-corrected chi connectivity index (χ0v) is 18.7. The van der Waals surface area contributed by atoms with Gasteiger partial charge in [-0.3, -0.25) is 9.69 Å². The molecule has 7 heteroatoms. The standard InChI is InChI=1S/C24H32N2O5/c1-4-18(27)26-17-6-8-22-7-5-11-25-12-9-23(17,24(22,25)31-13-10-22)15-14-16(29-2)21(30-3)20(28)19(15)26/h14,17,28H,4-13H2,1-3H3. The molecular formula is C24H32N2O5. The number of carbonyl (C=O) groups excluding carboxylic acids is 1. The molecule has 4 atom stereocenters. The van der Waals surface area contributed by atoms with Gasteiger partial charge in [0.15, 0.2) is 11.5 Å². The van der Waals surface area contributed by atoms with Crippen molar-refractivity contribution in [3.05, 3.63) is 11.6 Å². The number of ether oxygens (including phenoxy) is 3. The van der Waals surface area contributed by atoms with Crippen molar-refractivity contribution in [2.45, 2.75) is 69.1 Å². The van der Waals surface area contributed by atoms with Crippen LogP contribution in [0.25, 0.3) is 0 Å². The fourth-order valence-electron chi connectivity index (χ4n) is 8.33. The number of carbonyl (C=O) groups is 1. The SMILES string of the molecule is CCC(=O)N1c2c(cc(OC)c(OC)c2O)C23CCN4CCCC5(CCOC452)CCC13. The first-order valence-electron chi connectivity index (χ1n) is 11.7. The molecule has 3 saturated heterocycles. The van der Waals surface area contributed by atoms with Gasteiger partial charge in [0.2, 0.25) is 11.7 Å². The third-order valence-corrected chi connectivity index (χ3v) is 9.21. The van der Waals surface area contributed by atoms with Gasteiger partial charge in [-0.2, -0.15) is 0 Å². The molecule has 4 aliphatic heterocycles. The molecule has 4 fully saturated rings. The average molecular weight is 429 g/mol. The Kier molecular flexibility index (Phi) is 3.99. The number of benzene rings is 1. The number of hydrogen-bond donors (Lipinski definition) is 1. The molecule has 0 bridgehead atoms. The van der Waals surface area contributed by atoms with Crippen molar-refractivity contribution in [2.24, 2.45) is 5.41 Å². The third kappa shape index (κ3) is 1.93.